The Morgan fingerprint density at radius 2 is 2.05 bits per heavy atom. The monoisotopic (exact) mass is 328 g/mol. The van der Waals surface area contributed by atoms with E-state index in [0.717, 1.165) is 0 Å². The van der Waals surface area contributed by atoms with Gasteiger partial charge in [-0.15, -0.1) is 0 Å². The number of carbonyl (C=O) groups is 2. The summed E-state index contributed by atoms with van der Waals surface area (Å²) < 4.78 is 0.711. The molecule has 1 aromatic carbocycles. The average molecular weight is 329 g/mol. The molecule has 0 saturated heterocycles. The van der Waals surface area contributed by atoms with Gasteiger partial charge in [0.15, 0.2) is 0 Å². The van der Waals surface area contributed by atoms with Crippen LogP contribution in [0.25, 0.3) is 0 Å². The molecule has 0 aliphatic heterocycles. The van der Waals surface area contributed by atoms with Crippen LogP contribution in [0, 0.1) is 5.92 Å². The number of nitrogen functional groups attached to an aromatic ring is 1. The van der Waals surface area contributed by atoms with Crippen LogP contribution in [0.2, 0.25) is 0 Å². The third-order valence-electron chi connectivity index (χ3n) is 2.57. The van der Waals surface area contributed by atoms with Gasteiger partial charge in [0.25, 0.3) is 5.91 Å². The highest BCUT2D eigenvalue weighted by atomic mass is 79.9. The molecule has 1 rings (SSSR count). The predicted octanol–water partition coefficient (Wildman–Crippen LogP) is 2.26. The highest BCUT2D eigenvalue weighted by Gasteiger charge is 2.22. The lowest BCUT2D eigenvalue weighted by Crippen LogP contribution is -2.41. The first-order chi connectivity index (χ1) is 8.81. The third-order valence-corrected chi connectivity index (χ3v) is 3.06. The van der Waals surface area contributed by atoms with Crippen molar-refractivity contribution in [3.8, 4) is 0 Å². The minimum Gasteiger partial charge on any atom is -0.480 e. The van der Waals surface area contributed by atoms with Crippen LogP contribution in [-0.4, -0.2) is 23.0 Å². The van der Waals surface area contributed by atoms with Gasteiger partial charge in [0.1, 0.15) is 6.04 Å². The molecule has 0 heterocycles. The molecule has 1 unspecified atom stereocenters. The number of carboxylic acids is 1. The lowest BCUT2D eigenvalue weighted by Gasteiger charge is -2.17. The van der Waals surface area contributed by atoms with E-state index in [4.69, 9.17) is 10.8 Å². The molecular formula is C13H17BrN2O3. The second kappa shape index (κ2) is 6.56. The predicted molar refractivity (Wildman–Crippen MR) is 76.9 cm³/mol. The van der Waals surface area contributed by atoms with Crippen LogP contribution in [0.4, 0.5) is 5.69 Å². The number of carbonyl (C=O) groups excluding carboxylic acids is 1. The van der Waals surface area contributed by atoms with Gasteiger partial charge in [-0.3, -0.25) is 4.79 Å². The first-order valence-corrected chi connectivity index (χ1v) is 6.69. The molecule has 0 bridgehead atoms. The standard InChI is InChI=1S/C13H17BrN2O3/c1-7(2)5-11(13(18)19)16-12(17)9-6-8(14)3-4-10(9)15/h3-4,6-7,11H,5,15H2,1-2H3,(H,16,17)(H,18,19). The molecule has 0 saturated carbocycles. The largest absolute Gasteiger partial charge is 0.480 e. The van der Waals surface area contributed by atoms with Crippen molar-refractivity contribution in [1.29, 1.82) is 0 Å². The molecule has 104 valence electrons. The van der Waals surface area contributed by atoms with Crippen molar-refractivity contribution in [1.82, 2.24) is 5.32 Å². The second-order valence-corrected chi connectivity index (χ2v) is 5.64. The Morgan fingerprint density at radius 1 is 1.42 bits per heavy atom. The molecule has 1 aromatic rings. The topological polar surface area (TPSA) is 92.4 Å². The second-order valence-electron chi connectivity index (χ2n) is 4.73. The highest BCUT2D eigenvalue weighted by Crippen LogP contribution is 2.18. The number of rotatable bonds is 5. The first-order valence-electron chi connectivity index (χ1n) is 5.90. The number of benzene rings is 1. The number of nitrogens with two attached hydrogens (primary N) is 1. The Kier molecular flexibility index (Phi) is 5.35. The molecule has 0 fully saturated rings. The summed E-state index contributed by atoms with van der Waals surface area (Å²) in [6, 6.07) is 3.97. The van der Waals surface area contributed by atoms with Crippen molar-refractivity contribution < 1.29 is 14.7 Å². The number of hydrogen-bond donors (Lipinski definition) is 3. The van der Waals surface area contributed by atoms with Gasteiger partial charge in [0, 0.05) is 10.2 Å². The van der Waals surface area contributed by atoms with Crippen LogP contribution in [0.1, 0.15) is 30.6 Å². The molecule has 19 heavy (non-hydrogen) atoms. The van der Waals surface area contributed by atoms with Crippen LogP contribution in [0.3, 0.4) is 0 Å². The summed E-state index contributed by atoms with van der Waals surface area (Å²) in [6.45, 7) is 3.80. The molecule has 0 aromatic heterocycles. The average Bonchev–Trinajstić information content (AvgIpc) is 2.30. The van der Waals surface area contributed by atoms with E-state index >= 15 is 0 Å². The third kappa shape index (κ3) is 4.55. The molecule has 0 spiro atoms. The van der Waals surface area contributed by atoms with Gasteiger partial charge >= 0.3 is 5.97 Å². The van der Waals surface area contributed by atoms with Crippen LogP contribution in [0.5, 0.6) is 0 Å². The summed E-state index contributed by atoms with van der Waals surface area (Å²) in [4.78, 5) is 23.1. The molecule has 0 aliphatic carbocycles. The fourth-order valence-corrected chi connectivity index (χ4v) is 2.02. The number of halogens is 1. The van der Waals surface area contributed by atoms with Gasteiger partial charge in [0.05, 0.1) is 5.56 Å². The van der Waals surface area contributed by atoms with Crippen molar-refractivity contribution in [3.63, 3.8) is 0 Å². The normalized spacial score (nSPS) is 12.2. The molecule has 1 amide bonds. The Morgan fingerprint density at radius 3 is 2.58 bits per heavy atom. The fraction of sp³-hybridized carbons (Fsp3) is 0.385. The SMILES string of the molecule is CC(C)CC(NC(=O)c1cc(Br)ccc1N)C(=O)O. The molecular weight excluding hydrogens is 312 g/mol. The number of aliphatic carboxylic acids is 1. The lowest BCUT2D eigenvalue weighted by atomic mass is 10.0. The van der Waals surface area contributed by atoms with Gasteiger partial charge in [-0.2, -0.15) is 0 Å². The molecule has 0 radical (unpaired) electrons. The number of anilines is 1. The zero-order chi connectivity index (χ0) is 14.6. The van der Waals surface area contributed by atoms with Crippen LogP contribution < -0.4 is 11.1 Å². The summed E-state index contributed by atoms with van der Waals surface area (Å²) >= 11 is 3.25. The Balaban J connectivity index is 2.87. The highest BCUT2D eigenvalue weighted by molar-refractivity contribution is 9.10. The summed E-state index contributed by atoms with van der Waals surface area (Å²) in [6.07, 6.45) is 0.370. The van der Waals surface area contributed by atoms with E-state index in [1.54, 1.807) is 18.2 Å². The Hall–Kier alpha value is -1.56. The number of nitrogens with one attached hydrogen (secondary N) is 1. The summed E-state index contributed by atoms with van der Waals surface area (Å²) in [5, 5.41) is 11.6. The van der Waals surface area contributed by atoms with Gasteiger partial charge in [0.2, 0.25) is 0 Å². The van der Waals surface area contributed by atoms with Gasteiger partial charge in [-0.05, 0) is 30.5 Å². The van der Waals surface area contributed by atoms with E-state index in [1.807, 2.05) is 13.8 Å². The van der Waals surface area contributed by atoms with Crippen molar-refractivity contribution in [2.75, 3.05) is 5.73 Å². The zero-order valence-electron chi connectivity index (χ0n) is 10.8. The summed E-state index contributed by atoms with van der Waals surface area (Å²) in [5.74, 6) is -1.36. The minimum absolute atomic E-state index is 0.168. The summed E-state index contributed by atoms with van der Waals surface area (Å²) in [5.41, 5.74) is 6.30. The van der Waals surface area contributed by atoms with Crippen LogP contribution in [0.15, 0.2) is 22.7 Å². The molecule has 6 heteroatoms. The number of amides is 1. The van der Waals surface area contributed by atoms with Crippen LogP contribution in [-0.2, 0) is 4.79 Å². The Bertz CT molecular complexity index is 489. The van der Waals surface area contributed by atoms with E-state index in [0.29, 0.717) is 16.6 Å². The number of hydrogen-bond acceptors (Lipinski definition) is 3. The lowest BCUT2D eigenvalue weighted by molar-refractivity contribution is -0.139. The van der Waals surface area contributed by atoms with Crippen molar-refractivity contribution >= 4 is 33.5 Å². The zero-order valence-corrected chi connectivity index (χ0v) is 12.4. The van der Waals surface area contributed by atoms with Gasteiger partial charge < -0.3 is 16.2 Å². The van der Waals surface area contributed by atoms with E-state index < -0.39 is 17.9 Å². The molecule has 5 nitrogen and oxygen atoms in total. The van der Waals surface area contributed by atoms with Gasteiger partial charge in [-0.1, -0.05) is 29.8 Å². The van der Waals surface area contributed by atoms with Crippen LogP contribution >= 0.6 is 15.9 Å². The van der Waals surface area contributed by atoms with Crippen molar-refractivity contribution in [2.24, 2.45) is 5.92 Å². The van der Waals surface area contributed by atoms with E-state index in [1.165, 1.54) is 0 Å². The number of carboxylic acid groups (broad SMARTS) is 1. The van der Waals surface area contributed by atoms with E-state index in [-0.39, 0.29) is 11.5 Å². The van der Waals surface area contributed by atoms with Crippen molar-refractivity contribution in [3.05, 3.63) is 28.2 Å². The van der Waals surface area contributed by atoms with Crippen molar-refractivity contribution in [2.45, 2.75) is 26.3 Å². The maximum absolute atomic E-state index is 12.0. The maximum atomic E-state index is 12.0. The van der Waals surface area contributed by atoms with Gasteiger partial charge in [-0.25, -0.2) is 4.79 Å². The summed E-state index contributed by atoms with van der Waals surface area (Å²) in [7, 11) is 0. The van der Waals surface area contributed by atoms with E-state index in [9.17, 15) is 9.59 Å². The fourth-order valence-electron chi connectivity index (χ4n) is 1.65. The quantitative estimate of drug-likeness (QED) is 0.723. The first kappa shape index (κ1) is 15.5. The smallest absolute Gasteiger partial charge is 0.326 e. The minimum atomic E-state index is -1.05. The molecule has 0 aliphatic rings. The Labute approximate surface area is 120 Å². The van der Waals surface area contributed by atoms with E-state index in [2.05, 4.69) is 21.2 Å². The maximum Gasteiger partial charge on any atom is 0.326 e. The molecule has 4 N–H and O–H groups in total. The molecule has 1 atom stereocenters.